The van der Waals surface area contributed by atoms with Crippen molar-refractivity contribution in [2.24, 2.45) is 0 Å². The third kappa shape index (κ3) is 8.59. The Morgan fingerprint density at radius 3 is 2.31 bits per heavy atom. The molecule has 1 amide bonds. The van der Waals surface area contributed by atoms with Gasteiger partial charge in [0.2, 0.25) is 0 Å². The van der Waals surface area contributed by atoms with Crippen molar-refractivity contribution in [3.8, 4) is 11.5 Å². The minimum absolute atomic E-state index is 0.0304. The number of hydrogen-bond acceptors (Lipinski definition) is 3. The zero-order chi connectivity index (χ0) is 21.1. The molecule has 0 atom stereocenters. The molecule has 0 aliphatic carbocycles. The summed E-state index contributed by atoms with van der Waals surface area (Å²) in [7, 11) is 0. The van der Waals surface area contributed by atoms with Crippen molar-refractivity contribution < 1.29 is 14.3 Å². The van der Waals surface area contributed by atoms with Crippen LogP contribution in [0.4, 0.5) is 5.69 Å². The van der Waals surface area contributed by atoms with Crippen molar-refractivity contribution in [1.29, 1.82) is 0 Å². The summed E-state index contributed by atoms with van der Waals surface area (Å²) >= 11 is 0. The first kappa shape index (κ1) is 22.8. The van der Waals surface area contributed by atoms with Crippen molar-refractivity contribution in [1.82, 2.24) is 0 Å². The number of hydrogen-bond donors (Lipinski definition) is 1. The van der Waals surface area contributed by atoms with E-state index in [4.69, 9.17) is 9.47 Å². The van der Waals surface area contributed by atoms with Crippen LogP contribution in [0, 0.1) is 0 Å². The summed E-state index contributed by atoms with van der Waals surface area (Å²) in [5.74, 6) is 1.27. The molecule has 0 radical (unpaired) electrons. The van der Waals surface area contributed by atoms with E-state index in [9.17, 15) is 4.79 Å². The van der Waals surface area contributed by atoms with Crippen LogP contribution in [-0.2, 0) is 10.2 Å². The Kier molecular flexibility index (Phi) is 9.04. The summed E-state index contributed by atoms with van der Waals surface area (Å²) in [5.41, 5.74) is 2.04. The van der Waals surface area contributed by atoms with Gasteiger partial charge in [-0.2, -0.15) is 0 Å². The number of rotatable bonds is 11. The van der Waals surface area contributed by atoms with Crippen molar-refractivity contribution in [2.75, 3.05) is 18.5 Å². The lowest BCUT2D eigenvalue weighted by Gasteiger charge is -2.19. The van der Waals surface area contributed by atoms with Gasteiger partial charge in [0.25, 0.3) is 5.91 Å². The third-order valence-corrected chi connectivity index (χ3v) is 4.72. The van der Waals surface area contributed by atoms with Crippen LogP contribution in [0.2, 0.25) is 0 Å². The molecule has 0 saturated heterocycles. The molecule has 1 N–H and O–H groups in total. The van der Waals surface area contributed by atoms with Crippen LogP contribution in [0.1, 0.15) is 65.4 Å². The fourth-order valence-corrected chi connectivity index (χ4v) is 2.96. The molecule has 0 bridgehead atoms. The average molecular weight is 398 g/mol. The second kappa shape index (κ2) is 11.5. The normalized spacial score (nSPS) is 11.2. The monoisotopic (exact) mass is 397 g/mol. The first-order chi connectivity index (χ1) is 13.9. The highest BCUT2D eigenvalue weighted by molar-refractivity contribution is 5.92. The van der Waals surface area contributed by atoms with Crippen molar-refractivity contribution in [3.63, 3.8) is 0 Å². The van der Waals surface area contributed by atoms with Gasteiger partial charge < -0.3 is 14.8 Å². The molecule has 0 fully saturated rings. The predicted octanol–water partition coefficient (Wildman–Crippen LogP) is 6.35. The van der Waals surface area contributed by atoms with Crippen LogP contribution in [0.5, 0.6) is 11.5 Å². The SMILES string of the molecule is CCCCCCCOc1cccc(NC(=O)COc2ccc(C(C)(C)C)cc2)c1. The van der Waals surface area contributed by atoms with Gasteiger partial charge in [-0.3, -0.25) is 4.79 Å². The van der Waals surface area contributed by atoms with E-state index in [-0.39, 0.29) is 17.9 Å². The largest absolute Gasteiger partial charge is 0.494 e. The maximum atomic E-state index is 12.2. The minimum Gasteiger partial charge on any atom is -0.494 e. The van der Waals surface area contributed by atoms with E-state index in [0.29, 0.717) is 18.0 Å². The fraction of sp³-hybridized carbons (Fsp3) is 0.480. The Labute approximate surface area is 175 Å². The molecule has 158 valence electrons. The molecule has 2 aromatic rings. The maximum absolute atomic E-state index is 12.2. The van der Waals surface area contributed by atoms with Crippen molar-refractivity contribution >= 4 is 11.6 Å². The topological polar surface area (TPSA) is 47.6 Å². The number of carbonyl (C=O) groups excluding carboxylic acids is 1. The average Bonchev–Trinajstić information content (AvgIpc) is 2.69. The zero-order valence-electron chi connectivity index (χ0n) is 18.3. The number of anilines is 1. The highest BCUT2D eigenvalue weighted by atomic mass is 16.5. The number of amides is 1. The van der Waals surface area contributed by atoms with Crippen LogP contribution in [0.25, 0.3) is 0 Å². The van der Waals surface area contributed by atoms with Gasteiger partial charge >= 0.3 is 0 Å². The minimum atomic E-state index is -0.193. The number of nitrogens with one attached hydrogen (secondary N) is 1. The lowest BCUT2D eigenvalue weighted by Crippen LogP contribution is -2.20. The summed E-state index contributed by atoms with van der Waals surface area (Å²) in [5, 5.41) is 2.86. The van der Waals surface area contributed by atoms with Crippen molar-refractivity contribution in [3.05, 3.63) is 54.1 Å². The van der Waals surface area contributed by atoms with E-state index in [2.05, 4.69) is 33.0 Å². The fourth-order valence-electron chi connectivity index (χ4n) is 2.96. The van der Waals surface area contributed by atoms with Gasteiger partial charge in [0.1, 0.15) is 11.5 Å². The molecular weight excluding hydrogens is 362 g/mol. The van der Waals surface area contributed by atoms with Gasteiger partial charge in [0.15, 0.2) is 6.61 Å². The van der Waals surface area contributed by atoms with Gasteiger partial charge in [0, 0.05) is 11.8 Å². The van der Waals surface area contributed by atoms with Crippen LogP contribution in [0.3, 0.4) is 0 Å². The van der Waals surface area contributed by atoms with Gasteiger partial charge in [-0.1, -0.05) is 71.6 Å². The molecule has 4 nitrogen and oxygen atoms in total. The van der Waals surface area contributed by atoms with Crippen LogP contribution in [0.15, 0.2) is 48.5 Å². The lowest BCUT2D eigenvalue weighted by atomic mass is 9.87. The molecular formula is C25H35NO3. The first-order valence-electron chi connectivity index (χ1n) is 10.6. The molecule has 0 saturated carbocycles. The Balaban J connectivity index is 1.76. The summed E-state index contributed by atoms with van der Waals surface area (Å²) in [4.78, 5) is 12.2. The van der Waals surface area contributed by atoms with Crippen LogP contribution < -0.4 is 14.8 Å². The standard InChI is InChI=1S/C25H35NO3/c1-5-6-7-8-9-17-28-23-12-10-11-21(18-23)26-24(27)19-29-22-15-13-20(14-16-22)25(2,3)4/h10-16,18H,5-9,17,19H2,1-4H3,(H,26,27). The smallest absolute Gasteiger partial charge is 0.262 e. The quantitative estimate of drug-likeness (QED) is 0.449. The third-order valence-electron chi connectivity index (χ3n) is 4.72. The Morgan fingerprint density at radius 2 is 1.62 bits per heavy atom. The van der Waals surface area contributed by atoms with Gasteiger partial charge in [-0.25, -0.2) is 0 Å². The molecule has 0 aliphatic heterocycles. The Bertz CT molecular complexity index is 747. The summed E-state index contributed by atoms with van der Waals surface area (Å²) in [6.07, 6.45) is 6.03. The highest BCUT2D eigenvalue weighted by Crippen LogP contribution is 2.24. The second-order valence-corrected chi connectivity index (χ2v) is 8.40. The summed E-state index contributed by atoms with van der Waals surface area (Å²) < 4.78 is 11.4. The molecule has 0 unspecified atom stereocenters. The maximum Gasteiger partial charge on any atom is 0.262 e. The molecule has 0 aliphatic rings. The Hall–Kier alpha value is -2.49. The second-order valence-electron chi connectivity index (χ2n) is 8.40. The number of ether oxygens (including phenoxy) is 2. The molecule has 2 aromatic carbocycles. The number of unbranched alkanes of at least 4 members (excludes halogenated alkanes) is 4. The van der Waals surface area contributed by atoms with Gasteiger partial charge in [-0.05, 0) is 41.7 Å². The van der Waals surface area contributed by atoms with Crippen molar-refractivity contribution in [2.45, 2.75) is 65.2 Å². The Morgan fingerprint density at radius 1 is 0.897 bits per heavy atom. The number of carbonyl (C=O) groups is 1. The zero-order valence-corrected chi connectivity index (χ0v) is 18.3. The predicted molar refractivity (Wildman–Crippen MR) is 120 cm³/mol. The van der Waals surface area contributed by atoms with E-state index in [1.165, 1.54) is 31.2 Å². The lowest BCUT2D eigenvalue weighted by molar-refractivity contribution is -0.118. The first-order valence-corrected chi connectivity index (χ1v) is 10.6. The number of benzene rings is 2. The van der Waals surface area contributed by atoms with Crippen LogP contribution in [-0.4, -0.2) is 19.1 Å². The molecule has 2 rings (SSSR count). The highest BCUT2D eigenvalue weighted by Gasteiger charge is 2.13. The van der Waals surface area contributed by atoms with Crippen LogP contribution >= 0.6 is 0 Å². The molecule has 0 spiro atoms. The van der Waals surface area contributed by atoms with Gasteiger partial charge in [0.05, 0.1) is 6.61 Å². The summed E-state index contributed by atoms with van der Waals surface area (Å²) in [6.45, 7) is 9.39. The molecule has 0 aromatic heterocycles. The van der Waals surface area contributed by atoms with E-state index >= 15 is 0 Å². The molecule has 0 heterocycles. The summed E-state index contributed by atoms with van der Waals surface area (Å²) in [6, 6.07) is 15.4. The molecule has 29 heavy (non-hydrogen) atoms. The van der Waals surface area contributed by atoms with E-state index in [0.717, 1.165) is 12.2 Å². The van der Waals surface area contributed by atoms with E-state index < -0.39 is 0 Å². The molecule has 4 heteroatoms. The van der Waals surface area contributed by atoms with Gasteiger partial charge in [-0.15, -0.1) is 0 Å². The van der Waals surface area contributed by atoms with E-state index in [1.807, 2.05) is 48.5 Å². The van der Waals surface area contributed by atoms with E-state index in [1.54, 1.807) is 0 Å².